The number of aryl methyl sites for hydroxylation is 2. The van der Waals surface area contributed by atoms with Gasteiger partial charge in [0.2, 0.25) is 0 Å². The Labute approximate surface area is 174 Å². The molecule has 30 heavy (non-hydrogen) atoms. The molecule has 0 aliphatic carbocycles. The Hall–Kier alpha value is -2.80. The normalized spacial score (nSPS) is 11.8. The van der Waals surface area contributed by atoms with Gasteiger partial charge < -0.3 is 9.30 Å². The molecule has 2 aromatic carbocycles. The summed E-state index contributed by atoms with van der Waals surface area (Å²) >= 11 is 0. The first-order valence-electron chi connectivity index (χ1n) is 9.86. The lowest BCUT2D eigenvalue weighted by Gasteiger charge is -2.23. The molecule has 3 aromatic rings. The van der Waals surface area contributed by atoms with Crippen molar-refractivity contribution in [1.29, 1.82) is 0 Å². The summed E-state index contributed by atoms with van der Waals surface area (Å²) in [6.07, 6.45) is 0.126. The van der Waals surface area contributed by atoms with Gasteiger partial charge in [-0.2, -0.15) is 13.2 Å². The van der Waals surface area contributed by atoms with E-state index in [0.717, 1.165) is 37.5 Å². The van der Waals surface area contributed by atoms with Crippen molar-refractivity contribution in [3.8, 4) is 5.75 Å². The Morgan fingerprint density at radius 1 is 1.03 bits per heavy atom. The van der Waals surface area contributed by atoms with Gasteiger partial charge in [0.25, 0.3) is 0 Å². The molecule has 0 spiro atoms. The minimum Gasteiger partial charge on any atom is -0.494 e. The summed E-state index contributed by atoms with van der Waals surface area (Å²) < 4.78 is 45.6. The Morgan fingerprint density at radius 3 is 2.40 bits per heavy atom. The van der Waals surface area contributed by atoms with Gasteiger partial charge in [-0.3, -0.25) is 4.90 Å². The summed E-state index contributed by atoms with van der Waals surface area (Å²) in [6.45, 7) is 4.80. The summed E-state index contributed by atoms with van der Waals surface area (Å²) in [4.78, 5) is 6.73. The number of hydrogen-bond donors (Lipinski definition) is 0. The maximum absolute atomic E-state index is 12.7. The van der Waals surface area contributed by atoms with E-state index >= 15 is 0 Å². The van der Waals surface area contributed by atoms with Crippen LogP contribution in [-0.2, 0) is 26.3 Å². The fourth-order valence-corrected chi connectivity index (χ4v) is 3.21. The summed E-state index contributed by atoms with van der Waals surface area (Å²) in [5.41, 5.74) is 1.83. The Balaban J connectivity index is 1.56. The molecule has 0 atom stereocenters. The topological polar surface area (TPSA) is 30.3 Å². The predicted octanol–water partition coefficient (Wildman–Crippen LogP) is 5.22. The van der Waals surface area contributed by atoms with Crippen LogP contribution < -0.4 is 4.74 Å². The third kappa shape index (κ3) is 6.10. The largest absolute Gasteiger partial charge is 0.494 e. The average Bonchev–Trinajstić information content (AvgIpc) is 3.11. The third-order valence-corrected chi connectivity index (χ3v) is 5.01. The summed E-state index contributed by atoms with van der Waals surface area (Å²) in [6, 6.07) is 13.1. The zero-order valence-electron chi connectivity index (χ0n) is 17.2. The van der Waals surface area contributed by atoms with Gasteiger partial charge in [-0.15, -0.1) is 0 Å². The highest BCUT2D eigenvalue weighted by molar-refractivity contribution is 5.29. The summed E-state index contributed by atoms with van der Waals surface area (Å²) in [5, 5.41) is 0. The van der Waals surface area contributed by atoms with Gasteiger partial charge in [-0.1, -0.05) is 24.3 Å². The van der Waals surface area contributed by atoms with Crippen LogP contribution in [0.4, 0.5) is 13.2 Å². The highest BCUT2D eigenvalue weighted by Gasteiger charge is 2.30. The van der Waals surface area contributed by atoms with Crippen molar-refractivity contribution in [3.05, 3.63) is 83.4 Å². The molecular formula is C23H26F3N3O. The number of alkyl halides is 3. The van der Waals surface area contributed by atoms with E-state index in [1.807, 2.05) is 29.9 Å². The zero-order valence-corrected chi connectivity index (χ0v) is 17.2. The smallest absolute Gasteiger partial charge is 0.416 e. The monoisotopic (exact) mass is 417 g/mol. The number of imidazole rings is 1. The molecule has 4 nitrogen and oxygen atoms in total. The van der Waals surface area contributed by atoms with Crippen LogP contribution in [0, 0.1) is 6.92 Å². The second kappa shape index (κ2) is 9.80. The Kier molecular flexibility index (Phi) is 7.15. The number of hydrogen-bond acceptors (Lipinski definition) is 3. The van der Waals surface area contributed by atoms with Crippen molar-refractivity contribution in [3.63, 3.8) is 0 Å². The fraction of sp³-hybridized carbons (Fsp3) is 0.348. The standard InChI is InChI=1S/C23H26F3N3O/c1-18-6-3-4-7-19(18)16-29(17-22-27-12-14-28(22)2)13-5-15-30-21-10-8-20(9-11-21)23(24,25)26/h3-4,6-12,14H,5,13,15-17H2,1-2H3. The molecule has 160 valence electrons. The van der Waals surface area contributed by atoms with E-state index in [2.05, 4.69) is 28.9 Å². The molecule has 7 heteroatoms. The van der Waals surface area contributed by atoms with E-state index in [1.54, 1.807) is 6.20 Å². The summed E-state index contributed by atoms with van der Waals surface area (Å²) in [5.74, 6) is 1.42. The maximum atomic E-state index is 12.7. The van der Waals surface area contributed by atoms with Gasteiger partial charge in [-0.25, -0.2) is 4.98 Å². The highest BCUT2D eigenvalue weighted by Crippen LogP contribution is 2.30. The lowest BCUT2D eigenvalue weighted by atomic mass is 10.1. The molecule has 1 aromatic heterocycles. The average molecular weight is 417 g/mol. The van der Waals surface area contributed by atoms with Crippen LogP contribution in [0.25, 0.3) is 0 Å². The number of benzene rings is 2. The third-order valence-electron chi connectivity index (χ3n) is 5.01. The van der Waals surface area contributed by atoms with Crippen LogP contribution in [-0.4, -0.2) is 27.6 Å². The van der Waals surface area contributed by atoms with E-state index < -0.39 is 11.7 Å². The first-order chi connectivity index (χ1) is 14.3. The molecule has 0 fully saturated rings. The SMILES string of the molecule is Cc1ccccc1CN(CCCOc1ccc(C(F)(F)F)cc1)Cc1nccn1C. The number of nitrogens with zero attached hydrogens (tertiary/aromatic N) is 3. The molecule has 0 unspecified atom stereocenters. The number of rotatable bonds is 9. The van der Waals surface area contributed by atoms with Crippen LogP contribution in [0.5, 0.6) is 5.75 Å². The van der Waals surface area contributed by atoms with Crippen LogP contribution in [0.1, 0.15) is 28.9 Å². The van der Waals surface area contributed by atoms with Gasteiger partial charge >= 0.3 is 6.18 Å². The quantitative estimate of drug-likeness (QED) is 0.447. The second-order valence-corrected chi connectivity index (χ2v) is 7.32. The summed E-state index contributed by atoms with van der Waals surface area (Å²) in [7, 11) is 1.97. The number of halogens is 3. The minimum atomic E-state index is -4.33. The molecular weight excluding hydrogens is 391 g/mol. The van der Waals surface area contributed by atoms with Crippen LogP contribution in [0.2, 0.25) is 0 Å². The molecule has 0 aliphatic heterocycles. The van der Waals surface area contributed by atoms with E-state index in [4.69, 9.17) is 4.74 Å². The van der Waals surface area contributed by atoms with Gasteiger partial charge in [0, 0.05) is 32.5 Å². The van der Waals surface area contributed by atoms with Crippen LogP contribution in [0.3, 0.4) is 0 Å². The first-order valence-corrected chi connectivity index (χ1v) is 9.86. The molecule has 0 radical (unpaired) electrons. The van der Waals surface area contributed by atoms with E-state index in [-0.39, 0.29) is 0 Å². The lowest BCUT2D eigenvalue weighted by molar-refractivity contribution is -0.137. The molecule has 0 N–H and O–H groups in total. The van der Waals surface area contributed by atoms with Gasteiger partial charge in [0.15, 0.2) is 0 Å². The fourth-order valence-electron chi connectivity index (χ4n) is 3.21. The molecule has 0 amide bonds. The van der Waals surface area contributed by atoms with Crippen LogP contribution in [0.15, 0.2) is 60.9 Å². The molecule has 3 rings (SSSR count). The zero-order chi connectivity index (χ0) is 21.6. The molecule has 0 aliphatic rings. The first kappa shape index (κ1) is 21.9. The van der Waals surface area contributed by atoms with Crippen molar-refractivity contribution in [2.45, 2.75) is 32.6 Å². The lowest BCUT2D eigenvalue weighted by Crippen LogP contribution is -2.27. The molecule has 0 saturated carbocycles. The number of aromatic nitrogens is 2. The van der Waals surface area contributed by atoms with Crippen molar-refractivity contribution < 1.29 is 17.9 Å². The van der Waals surface area contributed by atoms with E-state index in [0.29, 0.717) is 18.9 Å². The van der Waals surface area contributed by atoms with Crippen molar-refractivity contribution in [2.24, 2.45) is 7.05 Å². The van der Waals surface area contributed by atoms with E-state index in [1.165, 1.54) is 23.3 Å². The van der Waals surface area contributed by atoms with Gasteiger partial charge in [0.1, 0.15) is 11.6 Å². The Morgan fingerprint density at radius 2 is 1.77 bits per heavy atom. The maximum Gasteiger partial charge on any atom is 0.416 e. The highest BCUT2D eigenvalue weighted by atomic mass is 19.4. The molecule has 0 bridgehead atoms. The van der Waals surface area contributed by atoms with Crippen molar-refractivity contribution >= 4 is 0 Å². The van der Waals surface area contributed by atoms with Crippen molar-refractivity contribution in [1.82, 2.24) is 14.5 Å². The predicted molar refractivity (Wildman–Crippen MR) is 110 cm³/mol. The van der Waals surface area contributed by atoms with E-state index in [9.17, 15) is 13.2 Å². The Bertz CT molecular complexity index is 935. The number of ether oxygens (including phenoxy) is 1. The van der Waals surface area contributed by atoms with Crippen molar-refractivity contribution in [2.75, 3.05) is 13.2 Å². The van der Waals surface area contributed by atoms with Crippen LogP contribution >= 0.6 is 0 Å². The van der Waals surface area contributed by atoms with Gasteiger partial charge in [0.05, 0.1) is 18.7 Å². The molecule has 0 saturated heterocycles. The molecule has 1 heterocycles. The second-order valence-electron chi connectivity index (χ2n) is 7.32. The minimum absolute atomic E-state index is 0.427. The van der Waals surface area contributed by atoms with Gasteiger partial charge in [-0.05, 0) is 48.7 Å².